The fourth-order valence-electron chi connectivity index (χ4n) is 1.61. The molecule has 58 valence electrons. The molecule has 1 aliphatic carbocycles. The van der Waals surface area contributed by atoms with Crippen LogP contribution in [0, 0.1) is 0 Å². The number of hydrogen-bond donors (Lipinski definition) is 1. The number of fused-ring (bicyclic) bond motifs is 1. The molecular weight excluding hydrogens is 154 g/mol. The summed E-state index contributed by atoms with van der Waals surface area (Å²) in [5.41, 5.74) is 2.77. The van der Waals surface area contributed by atoms with Gasteiger partial charge in [0, 0.05) is 17.6 Å². The Morgan fingerprint density at radius 2 is 2.45 bits per heavy atom. The van der Waals surface area contributed by atoms with Crippen LogP contribution in [0.25, 0.3) is 0 Å². The van der Waals surface area contributed by atoms with Crippen molar-refractivity contribution in [3.8, 4) is 0 Å². The lowest BCUT2D eigenvalue weighted by Gasteiger charge is -2.20. The minimum Gasteiger partial charge on any atom is -0.264 e. The lowest BCUT2D eigenvalue weighted by molar-refractivity contribution is 0.673. The molecule has 0 aromatic carbocycles. The lowest BCUT2D eigenvalue weighted by atomic mass is 9.93. The van der Waals surface area contributed by atoms with Gasteiger partial charge in [0.1, 0.15) is 0 Å². The van der Waals surface area contributed by atoms with E-state index in [9.17, 15) is 0 Å². The van der Waals surface area contributed by atoms with E-state index >= 15 is 0 Å². The Hall–Kier alpha value is -0.500. The van der Waals surface area contributed by atoms with Gasteiger partial charge in [0.2, 0.25) is 0 Å². The Balaban J connectivity index is 2.44. The second-order valence-corrected chi connectivity index (χ2v) is 3.61. The van der Waals surface area contributed by atoms with Crippen molar-refractivity contribution in [1.29, 1.82) is 0 Å². The van der Waals surface area contributed by atoms with Gasteiger partial charge in [-0.15, -0.1) is 0 Å². The largest absolute Gasteiger partial charge is 0.264 e. The normalized spacial score (nSPS) is 22.8. The quantitative estimate of drug-likeness (QED) is 0.582. The van der Waals surface area contributed by atoms with Crippen LogP contribution in [0.1, 0.15) is 29.2 Å². The first-order valence-electron chi connectivity index (χ1n) is 3.99. The maximum Gasteiger partial charge on any atom is 0.0303 e. The highest BCUT2D eigenvalue weighted by Gasteiger charge is 2.15. The second-order valence-electron chi connectivity index (χ2n) is 2.98. The summed E-state index contributed by atoms with van der Waals surface area (Å²) in [6, 6.07) is 2.09. The van der Waals surface area contributed by atoms with Crippen molar-refractivity contribution in [1.82, 2.24) is 4.98 Å². The summed E-state index contributed by atoms with van der Waals surface area (Å²) in [6.45, 7) is 0. The van der Waals surface area contributed by atoms with E-state index < -0.39 is 0 Å². The molecule has 1 heterocycles. The van der Waals surface area contributed by atoms with Crippen molar-refractivity contribution in [2.75, 3.05) is 0 Å². The minimum absolute atomic E-state index is 0.446. The van der Waals surface area contributed by atoms with E-state index in [-0.39, 0.29) is 0 Å². The molecule has 1 unspecified atom stereocenters. The van der Waals surface area contributed by atoms with E-state index in [0.717, 1.165) is 0 Å². The molecule has 1 atom stereocenters. The molecule has 0 aliphatic heterocycles. The monoisotopic (exact) mass is 165 g/mol. The number of thiol groups is 1. The molecule has 0 spiro atoms. The molecule has 0 saturated carbocycles. The van der Waals surface area contributed by atoms with Crippen molar-refractivity contribution < 1.29 is 0 Å². The molecule has 1 nitrogen and oxygen atoms in total. The van der Waals surface area contributed by atoms with Crippen molar-refractivity contribution in [2.45, 2.75) is 24.5 Å². The molecule has 0 bridgehead atoms. The zero-order valence-corrected chi connectivity index (χ0v) is 7.22. The van der Waals surface area contributed by atoms with E-state index in [1.807, 2.05) is 12.4 Å². The number of aromatic nitrogens is 1. The summed E-state index contributed by atoms with van der Waals surface area (Å²) in [5.74, 6) is 0. The molecule has 2 rings (SSSR count). The van der Waals surface area contributed by atoms with Gasteiger partial charge in [-0.1, -0.05) is 0 Å². The minimum atomic E-state index is 0.446. The Labute approximate surface area is 72.3 Å². The van der Waals surface area contributed by atoms with Gasteiger partial charge < -0.3 is 0 Å². The molecule has 0 amide bonds. The van der Waals surface area contributed by atoms with Gasteiger partial charge in [-0.25, -0.2) is 0 Å². The number of pyridine rings is 1. The van der Waals surface area contributed by atoms with Gasteiger partial charge >= 0.3 is 0 Å². The van der Waals surface area contributed by atoms with Crippen molar-refractivity contribution in [2.24, 2.45) is 0 Å². The van der Waals surface area contributed by atoms with Gasteiger partial charge in [0.15, 0.2) is 0 Å². The molecule has 1 aromatic rings. The van der Waals surface area contributed by atoms with Gasteiger partial charge in [-0.3, -0.25) is 4.98 Å². The average Bonchev–Trinajstić information content (AvgIpc) is 2.06. The second kappa shape index (κ2) is 2.86. The van der Waals surface area contributed by atoms with Gasteiger partial charge in [0.25, 0.3) is 0 Å². The molecule has 0 fully saturated rings. The Bertz CT molecular complexity index is 259. The molecule has 1 aliphatic rings. The van der Waals surface area contributed by atoms with Crippen LogP contribution >= 0.6 is 12.6 Å². The first-order valence-corrected chi connectivity index (χ1v) is 4.50. The van der Waals surface area contributed by atoms with Crippen LogP contribution in [-0.4, -0.2) is 4.98 Å². The van der Waals surface area contributed by atoms with Crippen LogP contribution in [0.3, 0.4) is 0 Å². The third kappa shape index (κ3) is 1.27. The number of aryl methyl sites for hydroxylation is 1. The maximum absolute atomic E-state index is 4.51. The Kier molecular flexibility index (Phi) is 1.86. The van der Waals surface area contributed by atoms with Crippen LogP contribution in [-0.2, 0) is 6.42 Å². The SMILES string of the molecule is SC1CCCc2cnccc21. The average molecular weight is 165 g/mol. The van der Waals surface area contributed by atoms with Crippen LogP contribution in [0.15, 0.2) is 18.5 Å². The first-order chi connectivity index (χ1) is 5.38. The van der Waals surface area contributed by atoms with Gasteiger partial charge in [-0.2, -0.15) is 12.6 Å². The van der Waals surface area contributed by atoms with E-state index in [2.05, 4.69) is 23.7 Å². The predicted octanol–water partition coefficient (Wildman–Crippen LogP) is 2.39. The standard InChI is InChI=1S/C9H11NS/c11-9-3-1-2-7-6-10-5-4-8(7)9/h4-6,9,11H,1-3H2. The third-order valence-electron chi connectivity index (χ3n) is 2.22. The van der Waals surface area contributed by atoms with Crippen LogP contribution < -0.4 is 0 Å². The maximum atomic E-state index is 4.51. The Morgan fingerprint density at radius 3 is 3.27 bits per heavy atom. The zero-order valence-electron chi connectivity index (χ0n) is 6.33. The highest BCUT2D eigenvalue weighted by atomic mass is 32.1. The Morgan fingerprint density at radius 1 is 1.55 bits per heavy atom. The van der Waals surface area contributed by atoms with E-state index in [0.29, 0.717) is 5.25 Å². The lowest BCUT2D eigenvalue weighted by Crippen LogP contribution is -2.05. The summed E-state index contributed by atoms with van der Waals surface area (Å²) >= 11 is 4.51. The fraction of sp³-hybridized carbons (Fsp3) is 0.444. The predicted molar refractivity (Wildman–Crippen MR) is 48.9 cm³/mol. The van der Waals surface area contributed by atoms with Crippen LogP contribution in [0.2, 0.25) is 0 Å². The van der Waals surface area contributed by atoms with E-state index in [4.69, 9.17) is 0 Å². The number of hydrogen-bond acceptors (Lipinski definition) is 2. The molecule has 2 heteroatoms. The van der Waals surface area contributed by atoms with Gasteiger partial charge in [-0.05, 0) is 36.5 Å². The summed E-state index contributed by atoms with van der Waals surface area (Å²) in [7, 11) is 0. The summed E-state index contributed by atoms with van der Waals surface area (Å²) < 4.78 is 0. The first kappa shape index (κ1) is 7.17. The molecule has 0 radical (unpaired) electrons. The molecular formula is C9H11NS. The van der Waals surface area contributed by atoms with Crippen LogP contribution in [0.5, 0.6) is 0 Å². The van der Waals surface area contributed by atoms with E-state index in [1.54, 1.807) is 0 Å². The summed E-state index contributed by atoms with van der Waals surface area (Å²) in [6.07, 6.45) is 7.47. The topological polar surface area (TPSA) is 12.9 Å². The molecule has 1 aromatic heterocycles. The van der Waals surface area contributed by atoms with Crippen molar-refractivity contribution >= 4 is 12.6 Å². The third-order valence-corrected chi connectivity index (χ3v) is 2.76. The van der Waals surface area contributed by atoms with E-state index in [1.165, 1.54) is 30.4 Å². The van der Waals surface area contributed by atoms with Crippen LogP contribution in [0.4, 0.5) is 0 Å². The molecule has 0 N–H and O–H groups in total. The number of nitrogens with zero attached hydrogens (tertiary/aromatic N) is 1. The highest BCUT2D eigenvalue weighted by molar-refractivity contribution is 7.80. The van der Waals surface area contributed by atoms with Crippen molar-refractivity contribution in [3.05, 3.63) is 29.6 Å². The van der Waals surface area contributed by atoms with Crippen molar-refractivity contribution in [3.63, 3.8) is 0 Å². The fourth-order valence-corrected chi connectivity index (χ4v) is 2.05. The summed E-state index contributed by atoms with van der Waals surface area (Å²) in [4.78, 5) is 4.10. The number of rotatable bonds is 0. The zero-order chi connectivity index (χ0) is 7.68. The molecule has 0 saturated heterocycles. The highest BCUT2D eigenvalue weighted by Crippen LogP contribution is 2.32. The smallest absolute Gasteiger partial charge is 0.0303 e. The molecule has 11 heavy (non-hydrogen) atoms. The summed E-state index contributed by atoms with van der Waals surface area (Å²) in [5, 5.41) is 0.446. The van der Waals surface area contributed by atoms with Gasteiger partial charge in [0.05, 0.1) is 0 Å².